The Kier molecular flexibility index (Phi) is 12.3. The van der Waals surface area contributed by atoms with Gasteiger partial charge in [-0.3, -0.25) is 4.79 Å². The Hall–Kier alpha value is -4.43. The second kappa shape index (κ2) is 16.6. The van der Waals surface area contributed by atoms with E-state index in [1.54, 1.807) is 48.5 Å². The number of benzene rings is 2. The van der Waals surface area contributed by atoms with Crippen LogP contribution in [0.25, 0.3) is 31.3 Å². The highest BCUT2D eigenvalue weighted by atomic mass is 19.1. The van der Waals surface area contributed by atoms with Crippen molar-refractivity contribution in [2.75, 3.05) is 6.54 Å². The van der Waals surface area contributed by atoms with E-state index in [9.17, 15) is 15.4 Å². The van der Waals surface area contributed by atoms with Gasteiger partial charge in [-0.1, -0.05) is 76.0 Å². The predicted octanol–water partition coefficient (Wildman–Crippen LogP) is 4.97. The number of ether oxygens (including phenoxy) is 5. The number of hydrogen-bond donors (Lipinski definition) is 1. The predicted molar refractivity (Wildman–Crippen MR) is 155 cm³/mol. The highest BCUT2D eigenvalue weighted by Gasteiger charge is 2.53. The van der Waals surface area contributed by atoms with Gasteiger partial charge in [0, 0.05) is 21.7 Å². The van der Waals surface area contributed by atoms with E-state index < -0.39 is 67.1 Å². The lowest BCUT2D eigenvalue weighted by Crippen LogP contribution is -2.63. The lowest BCUT2D eigenvalue weighted by atomic mass is 9.84. The first kappa shape index (κ1) is 33.5. The first-order valence-corrected chi connectivity index (χ1v) is 14.1. The third-order valence-corrected chi connectivity index (χ3v) is 7.37. The van der Waals surface area contributed by atoms with Gasteiger partial charge < -0.3 is 28.8 Å². The second-order valence-electron chi connectivity index (χ2n) is 10.4. The van der Waals surface area contributed by atoms with Crippen LogP contribution in [-0.4, -0.2) is 78.8 Å². The number of halogens is 1. The highest BCUT2D eigenvalue weighted by Crippen LogP contribution is 2.36. The second-order valence-corrected chi connectivity index (χ2v) is 10.4. The molecule has 2 fully saturated rings. The van der Waals surface area contributed by atoms with Crippen LogP contribution in [-0.2, 0) is 41.7 Å². The van der Waals surface area contributed by atoms with Crippen LogP contribution in [0, 0.1) is 0 Å². The van der Waals surface area contributed by atoms with E-state index in [0.29, 0.717) is 0 Å². The fourth-order valence-electron chi connectivity index (χ4n) is 5.33. The molecule has 1 saturated carbocycles. The normalized spacial score (nSPS) is 31.0. The number of esters is 1. The molecular formula is C28H32FN9O7. The minimum atomic E-state index is -1.89. The van der Waals surface area contributed by atoms with E-state index in [-0.39, 0.29) is 26.2 Å². The molecule has 238 valence electrons. The van der Waals surface area contributed by atoms with Crippen LogP contribution < -0.4 is 0 Å². The highest BCUT2D eigenvalue weighted by molar-refractivity contribution is 5.66. The fourth-order valence-corrected chi connectivity index (χ4v) is 5.33. The first-order valence-electron chi connectivity index (χ1n) is 14.1. The maximum atomic E-state index is 16.5. The Morgan fingerprint density at radius 3 is 1.98 bits per heavy atom. The molecule has 17 heteroatoms. The Labute approximate surface area is 256 Å². The summed E-state index contributed by atoms with van der Waals surface area (Å²) < 4.78 is 46.0. The Balaban J connectivity index is 1.66. The molecule has 1 aliphatic carbocycles. The number of hydrogen-bond acceptors (Lipinski definition) is 10. The van der Waals surface area contributed by atoms with E-state index in [0.717, 1.165) is 18.1 Å². The summed E-state index contributed by atoms with van der Waals surface area (Å²) in [7, 11) is 0. The maximum absolute atomic E-state index is 16.5. The van der Waals surface area contributed by atoms with Crippen LogP contribution in [0.3, 0.4) is 0 Å². The standard InChI is InChI=1S/C28H32FN9O7/c1-16(39)43-24-19(34-37-31)12-20(35-38-32)25(23(24)40)45-28-27(42-15-18-10-6-3-7-11-18)22(29)26(21(44-28)13-33-36-30)41-14-17-8-4-2-5-9-17/h2-11,19-28,40H,12-15H2,1H3/t19-,20+,21-,22+,23-,24+,25-,26-,27-,28-/m1/s1. The number of nitrogens with zero attached hydrogens (tertiary/aromatic N) is 9. The van der Waals surface area contributed by atoms with Gasteiger partial charge in [0.25, 0.3) is 0 Å². The molecule has 0 radical (unpaired) electrons. The monoisotopic (exact) mass is 625 g/mol. The molecule has 0 bridgehead atoms. The Morgan fingerprint density at radius 2 is 1.44 bits per heavy atom. The zero-order valence-corrected chi connectivity index (χ0v) is 24.2. The quantitative estimate of drug-likeness (QED) is 0.139. The van der Waals surface area contributed by atoms with Gasteiger partial charge >= 0.3 is 5.97 Å². The maximum Gasteiger partial charge on any atom is 0.303 e. The fraction of sp³-hybridized carbons (Fsp3) is 0.536. The van der Waals surface area contributed by atoms with Crippen LogP contribution in [0.1, 0.15) is 24.5 Å². The minimum Gasteiger partial charge on any atom is -0.459 e. The smallest absolute Gasteiger partial charge is 0.303 e. The molecule has 1 N–H and O–H groups in total. The zero-order chi connectivity index (χ0) is 32.2. The molecule has 2 aromatic rings. The van der Waals surface area contributed by atoms with E-state index in [2.05, 4.69) is 30.1 Å². The minimum absolute atomic E-state index is 0.0180. The molecule has 0 amide bonds. The van der Waals surface area contributed by atoms with Crippen molar-refractivity contribution in [2.45, 2.75) is 87.7 Å². The molecule has 1 aliphatic heterocycles. The summed E-state index contributed by atoms with van der Waals surface area (Å²) in [5, 5.41) is 22.1. The van der Waals surface area contributed by atoms with E-state index in [1.807, 2.05) is 12.1 Å². The number of aliphatic hydroxyl groups excluding tert-OH is 1. The van der Waals surface area contributed by atoms with E-state index >= 15 is 4.39 Å². The average molecular weight is 626 g/mol. The number of alkyl halides is 1. The first-order chi connectivity index (χ1) is 21.9. The number of carbonyl (C=O) groups is 1. The molecule has 0 spiro atoms. The van der Waals surface area contributed by atoms with Gasteiger partial charge in [0.2, 0.25) is 0 Å². The van der Waals surface area contributed by atoms with Gasteiger partial charge in [0.05, 0.1) is 44.1 Å². The molecule has 0 aromatic heterocycles. The van der Waals surface area contributed by atoms with Gasteiger partial charge in [-0.15, -0.1) is 0 Å². The molecule has 2 aromatic carbocycles. The van der Waals surface area contributed by atoms with Gasteiger partial charge in [0.15, 0.2) is 12.5 Å². The van der Waals surface area contributed by atoms with Crippen molar-refractivity contribution in [3.63, 3.8) is 0 Å². The average Bonchev–Trinajstić information content (AvgIpc) is 3.04. The third-order valence-electron chi connectivity index (χ3n) is 7.37. The zero-order valence-electron chi connectivity index (χ0n) is 24.2. The van der Waals surface area contributed by atoms with Crippen LogP contribution in [0.5, 0.6) is 0 Å². The third kappa shape index (κ3) is 8.82. The molecular weight excluding hydrogens is 593 g/mol. The van der Waals surface area contributed by atoms with Crippen LogP contribution >= 0.6 is 0 Å². The van der Waals surface area contributed by atoms with Crippen molar-refractivity contribution in [2.24, 2.45) is 15.3 Å². The molecule has 0 unspecified atom stereocenters. The van der Waals surface area contributed by atoms with Crippen molar-refractivity contribution in [1.29, 1.82) is 0 Å². The number of azide groups is 3. The lowest BCUT2D eigenvalue weighted by Gasteiger charge is -2.47. The molecule has 4 rings (SSSR count). The van der Waals surface area contributed by atoms with E-state index in [4.69, 9.17) is 34.7 Å². The summed E-state index contributed by atoms with van der Waals surface area (Å²) in [6.07, 6.45) is -12.0. The van der Waals surface area contributed by atoms with Crippen LogP contribution in [0.4, 0.5) is 4.39 Å². The summed E-state index contributed by atoms with van der Waals surface area (Å²) in [5.41, 5.74) is 28.8. The molecule has 1 saturated heterocycles. The summed E-state index contributed by atoms with van der Waals surface area (Å²) in [4.78, 5) is 20.2. The van der Waals surface area contributed by atoms with Crippen LogP contribution in [0.15, 0.2) is 76.0 Å². The number of rotatable bonds is 13. The SMILES string of the molecule is CC(=O)O[C@@H]1[C@@H](O)[C@H](O[C@H]2O[C@H](CN=[N+]=[N-])[C@@H](OCc3ccccc3)[C@H](F)[C@H]2OCc2ccccc2)[C@@H](N=[N+]=[N-])C[C@H]1N=[N+]=[N-]. The number of carbonyl (C=O) groups excluding carboxylic acids is 1. The lowest BCUT2D eigenvalue weighted by molar-refractivity contribution is -0.324. The molecule has 10 atom stereocenters. The summed E-state index contributed by atoms with van der Waals surface area (Å²) in [6, 6.07) is 15.8. The van der Waals surface area contributed by atoms with Gasteiger partial charge in [-0.05, 0) is 34.1 Å². The van der Waals surface area contributed by atoms with Gasteiger partial charge in [-0.2, -0.15) is 0 Å². The summed E-state index contributed by atoms with van der Waals surface area (Å²) in [6.45, 7) is 0.744. The Bertz CT molecular complexity index is 1410. The topological polar surface area (TPSA) is 230 Å². The Morgan fingerprint density at radius 1 is 0.889 bits per heavy atom. The van der Waals surface area contributed by atoms with Crippen molar-refractivity contribution in [3.05, 3.63) is 103 Å². The van der Waals surface area contributed by atoms with E-state index in [1.165, 1.54) is 0 Å². The molecule has 2 aliphatic rings. The van der Waals surface area contributed by atoms with Crippen LogP contribution in [0.2, 0.25) is 0 Å². The van der Waals surface area contributed by atoms with Gasteiger partial charge in [-0.25, -0.2) is 4.39 Å². The van der Waals surface area contributed by atoms with Gasteiger partial charge in [0.1, 0.15) is 24.4 Å². The summed E-state index contributed by atoms with van der Waals surface area (Å²) >= 11 is 0. The molecule has 16 nitrogen and oxygen atoms in total. The number of aliphatic hydroxyl groups is 1. The van der Waals surface area contributed by atoms with Crippen molar-refractivity contribution >= 4 is 5.97 Å². The van der Waals surface area contributed by atoms with Crippen molar-refractivity contribution in [3.8, 4) is 0 Å². The largest absolute Gasteiger partial charge is 0.459 e. The molecule has 45 heavy (non-hydrogen) atoms. The van der Waals surface area contributed by atoms with Crippen molar-refractivity contribution in [1.82, 2.24) is 0 Å². The van der Waals surface area contributed by atoms with Crippen molar-refractivity contribution < 1.29 is 38.0 Å². The molecule has 1 heterocycles. The summed E-state index contributed by atoms with van der Waals surface area (Å²) in [5.74, 6) is -0.771.